The Morgan fingerprint density at radius 2 is 1.90 bits per heavy atom. The summed E-state index contributed by atoms with van der Waals surface area (Å²) in [5, 5.41) is 3.55. The van der Waals surface area contributed by atoms with Crippen molar-refractivity contribution in [2.45, 2.75) is 52.4 Å². The van der Waals surface area contributed by atoms with Crippen LogP contribution in [-0.2, 0) is 0 Å². The molecule has 0 aliphatic heterocycles. The number of hydrogen-bond acceptors (Lipinski definition) is 2. The second kappa shape index (κ2) is 7.12. The molecule has 0 radical (unpaired) electrons. The molecule has 2 rings (SSSR count). The molecule has 1 aliphatic rings. The summed E-state index contributed by atoms with van der Waals surface area (Å²) in [5.41, 5.74) is 4.20. The van der Waals surface area contributed by atoms with Crippen LogP contribution in [0.1, 0.15) is 55.2 Å². The molecule has 1 saturated carbocycles. The lowest BCUT2D eigenvalue weighted by atomic mass is 9.74. The first-order valence-corrected chi connectivity index (χ1v) is 8.03. The summed E-state index contributed by atoms with van der Waals surface area (Å²) >= 11 is 0. The van der Waals surface area contributed by atoms with Gasteiger partial charge in [0.2, 0.25) is 0 Å². The van der Waals surface area contributed by atoms with E-state index in [1.54, 1.807) is 12.7 Å². The summed E-state index contributed by atoms with van der Waals surface area (Å²) in [5.74, 6) is 2.52. The molecule has 1 aliphatic carbocycles. The average Bonchev–Trinajstić information content (AvgIpc) is 2.47. The lowest BCUT2D eigenvalue weighted by Gasteiger charge is -2.33. The number of aryl methyl sites for hydroxylation is 2. The van der Waals surface area contributed by atoms with Crippen molar-refractivity contribution < 1.29 is 4.74 Å². The van der Waals surface area contributed by atoms with Gasteiger partial charge in [0, 0.05) is 0 Å². The molecule has 0 bridgehead atoms. The standard InChI is InChI=1S/C18H29NO/c1-5-19-12-15-8-6-7-9-16(15)17-10-14(3)18(20-4)11-13(17)2/h10-11,15-16,19H,5-9,12H2,1-4H3. The highest BCUT2D eigenvalue weighted by molar-refractivity contribution is 5.43. The molecule has 0 aromatic heterocycles. The predicted octanol–water partition coefficient (Wildman–Crippen LogP) is 4.20. The summed E-state index contributed by atoms with van der Waals surface area (Å²) in [7, 11) is 1.76. The Morgan fingerprint density at radius 1 is 1.15 bits per heavy atom. The fourth-order valence-electron chi connectivity index (χ4n) is 3.62. The highest BCUT2D eigenvalue weighted by Gasteiger charge is 2.27. The Morgan fingerprint density at radius 3 is 2.60 bits per heavy atom. The first kappa shape index (κ1) is 15.4. The third kappa shape index (κ3) is 3.35. The molecular weight excluding hydrogens is 246 g/mol. The summed E-state index contributed by atoms with van der Waals surface area (Å²) in [6.45, 7) is 8.82. The molecule has 2 atom stereocenters. The van der Waals surface area contributed by atoms with E-state index >= 15 is 0 Å². The van der Waals surface area contributed by atoms with Gasteiger partial charge in [0.1, 0.15) is 5.75 Å². The number of hydrogen-bond donors (Lipinski definition) is 1. The molecule has 2 heteroatoms. The molecule has 1 N–H and O–H groups in total. The van der Waals surface area contributed by atoms with E-state index < -0.39 is 0 Å². The van der Waals surface area contributed by atoms with Crippen LogP contribution in [0.4, 0.5) is 0 Å². The Bertz CT molecular complexity index is 441. The van der Waals surface area contributed by atoms with Crippen molar-refractivity contribution in [2.75, 3.05) is 20.2 Å². The quantitative estimate of drug-likeness (QED) is 0.869. The van der Waals surface area contributed by atoms with Crippen LogP contribution >= 0.6 is 0 Å². The van der Waals surface area contributed by atoms with E-state index in [-0.39, 0.29) is 0 Å². The van der Waals surface area contributed by atoms with Crippen LogP contribution in [0.3, 0.4) is 0 Å². The van der Waals surface area contributed by atoms with Gasteiger partial charge < -0.3 is 10.1 Å². The van der Waals surface area contributed by atoms with Gasteiger partial charge in [0.05, 0.1) is 7.11 Å². The highest BCUT2D eigenvalue weighted by Crippen LogP contribution is 2.40. The van der Waals surface area contributed by atoms with Crippen LogP contribution < -0.4 is 10.1 Å². The van der Waals surface area contributed by atoms with E-state index in [1.165, 1.54) is 36.8 Å². The van der Waals surface area contributed by atoms with Gasteiger partial charge in [-0.15, -0.1) is 0 Å². The molecule has 0 amide bonds. The van der Waals surface area contributed by atoms with Crippen molar-refractivity contribution in [1.82, 2.24) is 5.32 Å². The number of rotatable bonds is 5. The SMILES string of the molecule is CCNCC1CCCCC1c1cc(C)c(OC)cc1C. The van der Waals surface area contributed by atoms with E-state index in [0.29, 0.717) is 5.92 Å². The summed E-state index contributed by atoms with van der Waals surface area (Å²) in [4.78, 5) is 0. The van der Waals surface area contributed by atoms with Crippen LogP contribution in [0, 0.1) is 19.8 Å². The topological polar surface area (TPSA) is 21.3 Å². The molecule has 0 saturated heterocycles. The van der Waals surface area contributed by atoms with E-state index in [2.05, 4.69) is 38.2 Å². The molecule has 20 heavy (non-hydrogen) atoms. The van der Waals surface area contributed by atoms with E-state index in [4.69, 9.17) is 4.74 Å². The lowest BCUT2D eigenvalue weighted by molar-refractivity contribution is 0.296. The maximum Gasteiger partial charge on any atom is 0.122 e. The van der Waals surface area contributed by atoms with Gasteiger partial charge >= 0.3 is 0 Å². The maximum atomic E-state index is 5.45. The van der Waals surface area contributed by atoms with Crippen molar-refractivity contribution in [3.05, 3.63) is 28.8 Å². The Labute approximate surface area is 123 Å². The van der Waals surface area contributed by atoms with Crippen LogP contribution in [0.25, 0.3) is 0 Å². The van der Waals surface area contributed by atoms with Gasteiger partial charge in [0.15, 0.2) is 0 Å². The fourth-order valence-corrected chi connectivity index (χ4v) is 3.62. The van der Waals surface area contributed by atoms with Gasteiger partial charge in [-0.05, 0) is 74.4 Å². The summed E-state index contributed by atoms with van der Waals surface area (Å²) in [6.07, 6.45) is 5.46. The Hall–Kier alpha value is -1.02. The zero-order valence-corrected chi connectivity index (χ0v) is 13.5. The van der Waals surface area contributed by atoms with Gasteiger partial charge in [0.25, 0.3) is 0 Å². The van der Waals surface area contributed by atoms with Crippen LogP contribution in [0.2, 0.25) is 0 Å². The van der Waals surface area contributed by atoms with E-state index in [9.17, 15) is 0 Å². The van der Waals surface area contributed by atoms with E-state index in [0.717, 1.165) is 24.8 Å². The van der Waals surface area contributed by atoms with Crippen LogP contribution in [0.15, 0.2) is 12.1 Å². The number of ether oxygens (including phenoxy) is 1. The molecule has 1 fully saturated rings. The first-order chi connectivity index (χ1) is 9.67. The van der Waals surface area contributed by atoms with E-state index in [1.807, 2.05) is 0 Å². The first-order valence-electron chi connectivity index (χ1n) is 8.03. The lowest BCUT2D eigenvalue weighted by Crippen LogP contribution is -2.29. The van der Waals surface area contributed by atoms with Crippen molar-refractivity contribution in [3.8, 4) is 5.75 Å². The average molecular weight is 275 g/mol. The van der Waals surface area contributed by atoms with Crippen molar-refractivity contribution in [1.29, 1.82) is 0 Å². The third-order valence-corrected chi connectivity index (χ3v) is 4.75. The second-order valence-corrected chi connectivity index (χ2v) is 6.14. The van der Waals surface area contributed by atoms with Crippen molar-refractivity contribution in [2.24, 2.45) is 5.92 Å². The summed E-state index contributed by atoms with van der Waals surface area (Å²) in [6, 6.07) is 4.58. The predicted molar refractivity (Wildman–Crippen MR) is 85.7 cm³/mol. The smallest absolute Gasteiger partial charge is 0.122 e. The maximum absolute atomic E-state index is 5.45. The van der Waals surface area contributed by atoms with Gasteiger partial charge in [-0.3, -0.25) is 0 Å². The molecule has 0 heterocycles. The number of methoxy groups -OCH3 is 1. The molecule has 1 aromatic rings. The zero-order chi connectivity index (χ0) is 14.5. The molecule has 0 spiro atoms. The van der Waals surface area contributed by atoms with Gasteiger partial charge in [-0.1, -0.05) is 25.8 Å². The number of benzene rings is 1. The Kier molecular flexibility index (Phi) is 5.47. The van der Waals surface area contributed by atoms with Gasteiger partial charge in [-0.2, -0.15) is 0 Å². The summed E-state index contributed by atoms with van der Waals surface area (Å²) < 4.78 is 5.45. The molecule has 2 nitrogen and oxygen atoms in total. The molecule has 112 valence electrons. The minimum Gasteiger partial charge on any atom is -0.496 e. The van der Waals surface area contributed by atoms with Crippen molar-refractivity contribution in [3.63, 3.8) is 0 Å². The van der Waals surface area contributed by atoms with Gasteiger partial charge in [-0.25, -0.2) is 0 Å². The fraction of sp³-hybridized carbons (Fsp3) is 0.667. The van der Waals surface area contributed by atoms with Crippen molar-refractivity contribution >= 4 is 0 Å². The molecule has 1 aromatic carbocycles. The largest absolute Gasteiger partial charge is 0.496 e. The monoisotopic (exact) mass is 275 g/mol. The minimum atomic E-state index is 0.715. The normalized spacial score (nSPS) is 22.8. The zero-order valence-electron chi connectivity index (χ0n) is 13.5. The Balaban J connectivity index is 2.25. The highest BCUT2D eigenvalue weighted by atomic mass is 16.5. The van der Waals surface area contributed by atoms with Crippen LogP contribution in [-0.4, -0.2) is 20.2 Å². The van der Waals surface area contributed by atoms with Crippen LogP contribution in [0.5, 0.6) is 5.75 Å². The third-order valence-electron chi connectivity index (χ3n) is 4.75. The minimum absolute atomic E-state index is 0.715. The molecule has 2 unspecified atom stereocenters. The number of nitrogens with one attached hydrogen (secondary N) is 1. The molecular formula is C18H29NO. The second-order valence-electron chi connectivity index (χ2n) is 6.14.